The summed E-state index contributed by atoms with van der Waals surface area (Å²) in [5.41, 5.74) is 6.11. The molecule has 0 aliphatic heterocycles. The molecule has 0 aliphatic rings. The van der Waals surface area contributed by atoms with Crippen molar-refractivity contribution < 1.29 is 8.78 Å². The van der Waals surface area contributed by atoms with Crippen molar-refractivity contribution in [1.29, 1.82) is 0 Å². The minimum absolute atomic E-state index is 0.0690. The molecule has 0 aromatic carbocycles. The van der Waals surface area contributed by atoms with Crippen molar-refractivity contribution in [3.63, 3.8) is 0 Å². The summed E-state index contributed by atoms with van der Waals surface area (Å²) in [6.45, 7) is 1.81. The minimum Gasteiger partial charge on any atom is -0.382 e. The molecule has 1 rings (SSSR count). The highest BCUT2D eigenvalue weighted by Crippen LogP contribution is 2.24. The van der Waals surface area contributed by atoms with Crippen LogP contribution in [-0.4, -0.2) is 15.2 Å². The molecule has 1 heterocycles. The normalized spacial score (nSPS) is 12.0. The lowest BCUT2D eigenvalue weighted by Crippen LogP contribution is -2.12. The van der Waals surface area contributed by atoms with Crippen LogP contribution in [0.15, 0.2) is 6.07 Å². The Morgan fingerprint density at radius 3 is 2.69 bits per heavy atom. The largest absolute Gasteiger partial charge is 0.382 e. The number of aromatic nitrogens is 2. The molecular formula is C7H10ClF2N3. The van der Waals surface area contributed by atoms with E-state index in [1.54, 1.807) is 13.0 Å². The number of rotatable bonds is 3. The number of alkyl halides is 3. The molecule has 3 nitrogen and oxygen atoms in total. The van der Waals surface area contributed by atoms with Crippen LogP contribution in [0.5, 0.6) is 0 Å². The third-order valence-electron chi connectivity index (χ3n) is 1.61. The summed E-state index contributed by atoms with van der Waals surface area (Å²) in [4.78, 5) is 0. The van der Waals surface area contributed by atoms with Gasteiger partial charge in [-0.15, -0.1) is 0 Å². The smallest absolute Gasteiger partial charge is 0.323 e. The number of halogens is 3. The van der Waals surface area contributed by atoms with Gasteiger partial charge in [0.25, 0.3) is 0 Å². The van der Waals surface area contributed by atoms with Crippen molar-refractivity contribution in [2.45, 2.75) is 25.3 Å². The average molecular weight is 210 g/mol. The maximum absolute atomic E-state index is 12.2. The standard InChI is InChI=1S/C7H10ClF2N3/c1-5-4-6(11)12-13(5)3-2-7(8,9)10/h4H,2-3H2,1H3,(H2,11,12). The quantitative estimate of drug-likeness (QED) is 0.774. The van der Waals surface area contributed by atoms with E-state index in [1.165, 1.54) is 4.68 Å². The first-order chi connectivity index (χ1) is 5.88. The lowest BCUT2D eigenvalue weighted by atomic mass is 10.4. The first-order valence-electron chi connectivity index (χ1n) is 3.75. The van der Waals surface area contributed by atoms with Crippen LogP contribution in [0.25, 0.3) is 0 Å². The molecule has 0 saturated heterocycles. The topological polar surface area (TPSA) is 43.8 Å². The monoisotopic (exact) mass is 209 g/mol. The third kappa shape index (κ3) is 3.18. The Hall–Kier alpha value is -0.840. The second-order valence-electron chi connectivity index (χ2n) is 2.80. The maximum atomic E-state index is 12.2. The highest BCUT2D eigenvalue weighted by Gasteiger charge is 2.24. The fourth-order valence-corrected chi connectivity index (χ4v) is 1.08. The van der Waals surface area contributed by atoms with Crippen molar-refractivity contribution in [3.8, 4) is 0 Å². The van der Waals surface area contributed by atoms with E-state index in [1.807, 2.05) is 0 Å². The highest BCUT2D eigenvalue weighted by molar-refractivity contribution is 6.21. The molecule has 0 unspecified atom stereocenters. The first kappa shape index (κ1) is 10.2. The van der Waals surface area contributed by atoms with Crippen LogP contribution in [0.2, 0.25) is 0 Å². The summed E-state index contributed by atoms with van der Waals surface area (Å²) in [7, 11) is 0. The van der Waals surface area contributed by atoms with E-state index < -0.39 is 11.8 Å². The Morgan fingerprint density at radius 2 is 2.31 bits per heavy atom. The molecule has 0 amide bonds. The molecule has 0 aliphatic carbocycles. The zero-order chi connectivity index (χ0) is 10.1. The Kier molecular flexibility index (Phi) is 2.75. The van der Waals surface area contributed by atoms with Gasteiger partial charge in [-0.1, -0.05) is 0 Å². The number of hydrogen-bond donors (Lipinski definition) is 1. The van der Waals surface area contributed by atoms with Gasteiger partial charge in [0, 0.05) is 24.7 Å². The number of nitrogen functional groups attached to an aromatic ring is 1. The zero-order valence-corrected chi connectivity index (χ0v) is 7.85. The van der Waals surface area contributed by atoms with Crippen LogP contribution in [0.4, 0.5) is 14.6 Å². The Balaban J connectivity index is 2.59. The van der Waals surface area contributed by atoms with Crippen molar-refractivity contribution in [1.82, 2.24) is 9.78 Å². The van der Waals surface area contributed by atoms with Gasteiger partial charge in [0.15, 0.2) is 0 Å². The molecule has 0 atom stereocenters. The number of hydrogen-bond acceptors (Lipinski definition) is 2. The van der Waals surface area contributed by atoms with E-state index in [0.29, 0.717) is 5.82 Å². The molecule has 2 N–H and O–H groups in total. The molecule has 74 valence electrons. The summed E-state index contributed by atoms with van der Waals surface area (Å²) in [6, 6.07) is 1.62. The van der Waals surface area contributed by atoms with Crippen LogP contribution >= 0.6 is 11.6 Å². The summed E-state index contributed by atoms with van der Waals surface area (Å²) in [6.07, 6.45) is -0.448. The van der Waals surface area contributed by atoms with E-state index >= 15 is 0 Å². The third-order valence-corrected chi connectivity index (χ3v) is 1.80. The second-order valence-corrected chi connectivity index (χ2v) is 3.35. The van der Waals surface area contributed by atoms with E-state index in [4.69, 9.17) is 17.3 Å². The van der Waals surface area contributed by atoms with Gasteiger partial charge in [0.2, 0.25) is 0 Å². The molecule has 0 spiro atoms. The predicted octanol–water partition coefficient (Wildman–Crippen LogP) is 2.00. The lowest BCUT2D eigenvalue weighted by Gasteiger charge is -2.08. The first-order valence-corrected chi connectivity index (χ1v) is 4.13. The van der Waals surface area contributed by atoms with Crippen molar-refractivity contribution in [3.05, 3.63) is 11.8 Å². The summed E-state index contributed by atoms with van der Waals surface area (Å²) in [5.74, 6) is 0.329. The van der Waals surface area contributed by atoms with Crippen LogP contribution in [0, 0.1) is 6.92 Å². The molecule has 0 radical (unpaired) electrons. The number of anilines is 1. The SMILES string of the molecule is Cc1cc(N)nn1CCC(F)(F)Cl. The van der Waals surface area contributed by atoms with Gasteiger partial charge >= 0.3 is 5.38 Å². The summed E-state index contributed by atoms with van der Waals surface area (Å²) in [5, 5.41) is 0.642. The van der Waals surface area contributed by atoms with Crippen LogP contribution < -0.4 is 5.73 Å². The molecule has 1 aromatic heterocycles. The number of nitrogens with two attached hydrogens (primary N) is 1. The van der Waals surface area contributed by atoms with Gasteiger partial charge in [-0.3, -0.25) is 4.68 Å². The fraction of sp³-hybridized carbons (Fsp3) is 0.571. The number of aryl methyl sites for hydroxylation is 2. The Bertz CT molecular complexity index is 292. The summed E-state index contributed by atoms with van der Waals surface area (Å²) < 4.78 is 25.9. The maximum Gasteiger partial charge on any atom is 0.323 e. The Morgan fingerprint density at radius 1 is 1.69 bits per heavy atom. The minimum atomic E-state index is -3.17. The Labute approximate surface area is 79.5 Å². The lowest BCUT2D eigenvalue weighted by molar-refractivity contribution is 0.0794. The van der Waals surface area contributed by atoms with Gasteiger partial charge in [-0.05, 0) is 18.5 Å². The molecular weight excluding hydrogens is 200 g/mol. The van der Waals surface area contributed by atoms with E-state index in [2.05, 4.69) is 5.10 Å². The van der Waals surface area contributed by atoms with Gasteiger partial charge in [0.1, 0.15) is 5.82 Å². The van der Waals surface area contributed by atoms with Gasteiger partial charge in [-0.2, -0.15) is 13.9 Å². The van der Waals surface area contributed by atoms with Gasteiger partial charge in [0.05, 0.1) is 0 Å². The number of nitrogens with zero attached hydrogens (tertiary/aromatic N) is 2. The molecule has 6 heteroatoms. The van der Waals surface area contributed by atoms with Crippen molar-refractivity contribution >= 4 is 17.4 Å². The molecule has 0 saturated carbocycles. The predicted molar refractivity (Wildman–Crippen MR) is 46.8 cm³/mol. The van der Waals surface area contributed by atoms with E-state index in [-0.39, 0.29) is 6.54 Å². The molecule has 0 fully saturated rings. The van der Waals surface area contributed by atoms with Crippen LogP contribution in [0.1, 0.15) is 12.1 Å². The zero-order valence-electron chi connectivity index (χ0n) is 7.10. The van der Waals surface area contributed by atoms with Gasteiger partial charge in [-0.25, -0.2) is 0 Å². The fourth-order valence-electron chi connectivity index (χ4n) is 0.995. The van der Waals surface area contributed by atoms with Crippen molar-refractivity contribution in [2.75, 3.05) is 5.73 Å². The van der Waals surface area contributed by atoms with E-state index in [9.17, 15) is 8.78 Å². The van der Waals surface area contributed by atoms with Crippen LogP contribution in [0.3, 0.4) is 0 Å². The average Bonchev–Trinajstić information content (AvgIpc) is 2.24. The molecule has 13 heavy (non-hydrogen) atoms. The van der Waals surface area contributed by atoms with Crippen molar-refractivity contribution in [2.24, 2.45) is 0 Å². The van der Waals surface area contributed by atoms with E-state index in [0.717, 1.165) is 5.69 Å². The molecule has 1 aromatic rings. The van der Waals surface area contributed by atoms with Gasteiger partial charge < -0.3 is 5.73 Å². The highest BCUT2D eigenvalue weighted by atomic mass is 35.5. The van der Waals surface area contributed by atoms with Crippen LogP contribution in [-0.2, 0) is 6.54 Å². The molecule has 0 bridgehead atoms. The second kappa shape index (κ2) is 3.49. The summed E-state index contributed by atoms with van der Waals surface area (Å²) >= 11 is 4.74.